The second-order valence-electron chi connectivity index (χ2n) is 5.15. The summed E-state index contributed by atoms with van der Waals surface area (Å²) in [5.74, 6) is 1.09. The molecular formula is C13H19N3O2. The van der Waals surface area contributed by atoms with Crippen molar-refractivity contribution < 1.29 is 9.53 Å². The van der Waals surface area contributed by atoms with Crippen LogP contribution in [0.15, 0.2) is 12.4 Å². The fraction of sp³-hybridized carbons (Fsp3) is 0.692. The third kappa shape index (κ3) is 2.27. The minimum absolute atomic E-state index is 0.151. The van der Waals surface area contributed by atoms with Crippen LogP contribution in [0.4, 0.5) is 0 Å². The summed E-state index contributed by atoms with van der Waals surface area (Å²) in [5.41, 5.74) is 0. The van der Waals surface area contributed by atoms with Crippen molar-refractivity contribution in [1.82, 2.24) is 14.5 Å². The van der Waals surface area contributed by atoms with Gasteiger partial charge in [0.15, 0.2) is 0 Å². The summed E-state index contributed by atoms with van der Waals surface area (Å²) in [5, 5.41) is 0. The molecule has 0 N–H and O–H groups in total. The quantitative estimate of drug-likeness (QED) is 0.802. The van der Waals surface area contributed by atoms with Crippen molar-refractivity contribution in [3.63, 3.8) is 0 Å². The highest BCUT2D eigenvalue weighted by atomic mass is 16.5. The molecule has 98 valence electrons. The Hall–Kier alpha value is -1.36. The van der Waals surface area contributed by atoms with E-state index in [2.05, 4.69) is 4.98 Å². The van der Waals surface area contributed by atoms with Gasteiger partial charge >= 0.3 is 0 Å². The van der Waals surface area contributed by atoms with E-state index in [9.17, 15) is 4.79 Å². The highest BCUT2D eigenvalue weighted by molar-refractivity contribution is 5.81. The summed E-state index contributed by atoms with van der Waals surface area (Å²) in [4.78, 5) is 18.7. The Bertz CT molecular complexity index is 433. The lowest BCUT2D eigenvalue weighted by Crippen LogP contribution is -2.40. The van der Waals surface area contributed by atoms with Gasteiger partial charge in [-0.25, -0.2) is 4.98 Å². The average molecular weight is 249 g/mol. The van der Waals surface area contributed by atoms with Crippen LogP contribution in [0.5, 0.6) is 0 Å². The highest BCUT2D eigenvalue weighted by Gasteiger charge is 2.37. The van der Waals surface area contributed by atoms with Crippen molar-refractivity contribution >= 4 is 5.91 Å². The number of aromatic nitrogens is 2. The number of imidazole rings is 1. The molecule has 1 atom stereocenters. The summed E-state index contributed by atoms with van der Waals surface area (Å²) in [6.45, 7) is 1.32. The van der Waals surface area contributed by atoms with Gasteiger partial charge in [-0.3, -0.25) is 4.79 Å². The normalized spacial score (nSPS) is 23.3. The van der Waals surface area contributed by atoms with E-state index >= 15 is 0 Å². The van der Waals surface area contributed by atoms with Crippen molar-refractivity contribution in [3.8, 4) is 0 Å². The Balaban J connectivity index is 1.72. The van der Waals surface area contributed by atoms with Gasteiger partial charge in [-0.05, 0) is 25.7 Å². The maximum atomic E-state index is 12.4. The van der Waals surface area contributed by atoms with E-state index in [-0.39, 0.29) is 12.0 Å². The predicted octanol–water partition coefficient (Wildman–Crippen LogP) is 1.09. The average Bonchev–Trinajstić information content (AvgIpc) is 2.90. The minimum Gasteiger partial charge on any atom is -0.368 e. The number of carbonyl (C=O) groups is 1. The first-order valence-electron chi connectivity index (χ1n) is 6.64. The van der Waals surface area contributed by atoms with Crippen molar-refractivity contribution in [2.24, 2.45) is 7.05 Å². The van der Waals surface area contributed by atoms with Crippen molar-refractivity contribution in [2.45, 2.75) is 44.4 Å². The minimum atomic E-state index is -0.217. The second kappa shape index (κ2) is 4.72. The molecule has 1 aliphatic carbocycles. The second-order valence-corrected chi connectivity index (χ2v) is 5.15. The topological polar surface area (TPSA) is 47.4 Å². The molecule has 5 nitrogen and oxygen atoms in total. The molecule has 18 heavy (non-hydrogen) atoms. The molecular weight excluding hydrogens is 230 g/mol. The van der Waals surface area contributed by atoms with Crippen LogP contribution in [0, 0.1) is 0 Å². The van der Waals surface area contributed by atoms with Gasteiger partial charge in [0.2, 0.25) is 0 Å². The van der Waals surface area contributed by atoms with Crippen LogP contribution in [0.25, 0.3) is 0 Å². The number of hydrogen-bond acceptors (Lipinski definition) is 3. The largest absolute Gasteiger partial charge is 0.368 e. The van der Waals surface area contributed by atoms with Crippen LogP contribution in [0.3, 0.4) is 0 Å². The first-order valence-corrected chi connectivity index (χ1v) is 6.64. The summed E-state index contributed by atoms with van der Waals surface area (Å²) in [6, 6.07) is 0.401. The van der Waals surface area contributed by atoms with E-state index in [1.54, 1.807) is 6.20 Å². The zero-order chi connectivity index (χ0) is 12.5. The number of carbonyl (C=O) groups excluding carboxylic acids is 1. The molecule has 0 radical (unpaired) electrons. The first kappa shape index (κ1) is 11.7. The fourth-order valence-electron chi connectivity index (χ4n) is 2.43. The van der Waals surface area contributed by atoms with Crippen LogP contribution in [-0.2, 0) is 23.1 Å². The van der Waals surface area contributed by atoms with E-state index in [0.717, 1.165) is 38.1 Å². The van der Waals surface area contributed by atoms with Crippen molar-refractivity contribution in [3.05, 3.63) is 18.2 Å². The van der Waals surface area contributed by atoms with Crippen LogP contribution in [0.1, 0.15) is 31.5 Å². The fourth-order valence-corrected chi connectivity index (χ4v) is 2.43. The Morgan fingerprint density at radius 2 is 2.39 bits per heavy atom. The molecule has 2 aliphatic rings. The molecule has 0 aromatic carbocycles. The highest BCUT2D eigenvalue weighted by Crippen LogP contribution is 2.30. The summed E-state index contributed by atoms with van der Waals surface area (Å²) >= 11 is 0. The van der Waals surface area contributed by atoms with E-state index in [0.29, 0.717) is 12.6 Å². The van der Waals surface area contributed by atoms with Crippen molar-refractivity contribution in [1.29, 1.82) is 0 Å². The van der Waals surface area contributed by atoms with Crippen LogP contribution in [-0.4, -0.2) is 39.1 Å². The monoisotopic (exact) mass is 249 g/mol. The SMILES string of the molecule is Cn1ccnc1CN(C(=O)C1CCCO1)C1CC1. The number of amides is 1. The number of aryl methyl sites for hydroxylation is 1. The lowest BCUT2D eigenvalue weighted by atomic mass is 10.2. The zero-order valence-electron chi connectivity index (χ0n) is 10.7. The molecule has 1 saturated carbocycles. The third-order valence-electron chi connectivity index (χ3n) is 3.71. The van der Waals surface area contributed by atoms with Gasteiger partial charge in [-0.1, -0.05) is 0 Å². The van der Waals surface area contributed by atoms with E-state index < -0.39 is 0 Å². The summed E-state index contributed by atoms with van der Waals surface area (Å²) in [7, 11) is 1.96. The molecule has 1 aliphatic heterocycles. The smallest absolute Gasteiger partial charge is 0.252 e. The standard InChI is InChI=1S/C13H19N3O2/c1-15-7-6-14-12(15)9-16(10-4-5-10)13(17)11-3-2-8-18-11/h6-7,10-11H,2-5,8-9H2,1H3. The number of nitrogens with zero attached hydrogens (tertiary/aromatic N) is 3. The molecule has 1 aromatic heterocycles. The molecule has 3 rings (SSSR count). The van der Waals surface area contributed by atoms with Crippen molar-refractivity contribution in [2.75, 3.05) is 6.61 Å². The third-order valence-corrected chi connectivity index (χ3v) is 3.71. The number of hydrogen-bond donors (Lipinski definition) is 0. The van der Waals surface area contributed by atoms with Gasteiger partial charge in [0, 0.05) is 32.1 Å². The summed E-state index contributed by atoms with van der Waals surface area (Å²) in [6.07, 6.45) is 7.56. The molecule has 2 fully saturated rings. The van der Waals surface area contributed by atoms with E-state index in [4.69, 9.17) is 4.74 Å². The van der Waals surface area contributed by atoms with Gasteiger partial charge in [0.05, 0.1) is 6.54 Å². The Morgan fingerprint density at radius 3 is 2.94 bits per heavy atom. The predicted molar refractivity (Wildman–Crippen MR) is 65.8 cm³/mol. The zero-order valence-corrected chi connectivity index (χ0v) is 10.7. The molecule has 0 spiro atoms. The van der Waals surface area contributed by atoms with E-state index in [1.165, 1.54) is 0 Å². The lowest BCUT2D eigenvalue weighted by Gasteiger charge is -2.24. The molecule has 1 unspecified atom stereocenters. The van der Waals surface area contributed by atoms with Gasteiger partial charge in [0.1, 0.15) is 11.9 Å². The Labute approximate surface area is 107 Å². The lowest BCUT2D eigenvalue weighted by molar-refractivity contribution is -0.142. The van der Waals surface area contributed by atoms with Gasteiger partial charge < -0.3 is 14.2 Å². The molecule has 1 saturated heterocycles. The van der Waals surface area contributed by atoms with Crippen LogP contribution in [0.2, 0.25) is 0 Å². The van der Waals surface area contributed by atoms with Gasteiger partial charge in [-0.2, -0.15) is 0 Å². The van der Waals surface area contributed by atoms with Crippen LogP contribution < -0.4 is 0 Å². The van der Waals surface area contributed by atoms with Crippen LogP contribution >= 0.6 is 0 Å². The maximum Gasteiger partial charge on any atom is 0.252 e. The molecule has 1 amide bonds. The Morgan fingerprint density at radius 1 is 1.56 bits per heavy atom. The van der Waals surface area contributed by atoms with Gasteiger partial charge in [0.25, 0.3) is 5.91 Å². The van der Waals surface area contributed by atoms with E-state index in [1.807, 2.05) is 22.7 Å². The molecule has 1 aromatic rings. The number of ether oxygens (including phenoxy) is 1. The first-order chi connectivity index (χ1) is 8.75. The Kier molecular flexibility index (Phi) is 3.07. The maximum absolute atomic E-state index is 12.4. The molecule has 5 heteroatoms. The van der Waals surface area contributed by atoms with Gasteiger partial charge in [-0.15, -0.1) is 0 Å². The summed E-state index contributed by atoms with van der Waals surface area (Å²) < 4.78 is 7.48. The molecule has 0 bridgehead atoms. The molecule has 2 heterocycles. The number of rotatable bonds is 4.